The number of amides is 1. The summed E-state index contributed by atoms with van der Waals surface area (Å²) in [5.41, 5.74) is 0.578. The molecule has 6 heteroatoms. The fourth-order valence-corrected chi connectivity index (χ4v) is 1.77. The van der Waals surface area contributed by atoms with E-state index in [-0.39, 0.29) is 18.3 Å². The Bertz CT molecular complexity index is 402. The number of methoxy groups -OCH3 is 1. The van der Waals surface area contributed by atoms with Crippen molar-refractivity contribution in [1.29, 1.82) is 0 Å². The molecule has 0 atom stereocenters. The maximum Gasteiger partial charge on any atom is 0.257 e. The molecule has 0 saturated heterocycles. The zero-order valence-electron chi connectivity index (χ0n) is 10.7. The van der Waals surface area contributed by atoms with Crippen LogP contribution in [0.2, 0.25) is 0 Å². The van der Waals surface area contributed by atoms with Gasteiger partial charge < -0.3 is 15.0 Å². The summed E-state index contributed by atoms with van der Waals surface area (Å²) in [6.45, 7) is 1.43. The van der Waals surface area contributed by atoms with Crippen LogP contribution in [0.4, 0.5) is 0 Å². The third-order valence-electron chi connectivity index (χ3n) is 2.44. The van der Waals surface area contributed by atoms with Gasteiger partial charge in [0, 0.05) is 24.6 Å². The monoisotopic (exact) mass is 336 g/mol. The Morgan fingerprint density at radius 3 is 2.72 bits per heavy atom. The highest BCUT2D eigenvalue weighted by Crippen LogP contribution is 2.24. The minimum atomic E-state index is -0.0374. The second-order valence-corrected chi connectivity index (χ2v) is 4.59. The van der Waals surface area contributed by atoms with Gasteiger partial charge >= 0.3 is 0 Å². The number of halogens is 2. The number of ether oxygens (including phenoxy) is 1. The second kappa shape index (κ2) is 8.34. The van der Waals surface area contributed by atoms with Crippen molar-refractivity contribution in [2.24, 2.45) is 0 Å². The molecule has 0 spiro atoms. The summed E-state index contributed by atoms with van der Waals surface area (Å²) in [4.78, 5) is 13.8. The predicted molar refractivity (Wildman–Crippen MR) is 78.8 cm³/mol. The van der Waals surface area contributed by atoms with Gasteiger partial charge in [-0.05, 0) is 25.2 Å². The molecule has 102 valence electrons. The van der Waals surface area contributed by atoms with Crippen LogP contribution >= 0.6 is 28.3 Å². The normalized spacial score (nSPS) is 9.56. The molecule has 4 nitrogen and oxygen atoms in total. The summed E-state index contributed by atoms with van der Waals surface area (Å²) in [5, 5.41) is 3.01. The van der Waals surface area contributed by atoms with Gasteiger partial charge in [0.05, 0.1) is 12.7 Å². The second-order valence-electron chi connectivity index (χ2n) is 3.67. The Balaban J connectivity index is 0.00000289. The number of nitrogens with one attached hydrogen (secondary N) is 1. The Kier molecular flexibility index (Phi) is 7.98. The van der Waals surface area contributed by atoms with Crippen LogP contribution in [0, 0.1) is 0 Å². The number of hydrogen-bond acceptors (Lipinski definition) is 3. The molecule has 0 aliphatic carbocycles. The van der Waals surface area contributed by atoms with E-state index in [0.717, 1.165) is 11.0 Å². The summed E-state index contributed by atoms with van der Waals surface area (Å²) in [7, 11) is 5.20. The smallest absolute Gasteiger partial charge is 0.257 e. The van der Waals surface area contributed by atoms with Gasteiger partial charge in [-0.3, -0.25) is 4.79 Å². The molecule has 0 aliphatic rings. The lowest BCUT2D eigenvalue weighted by atomic mass is 10.2. The molecule has 1 N–H and O–H groups in total. The molecule has 0 bridgehead atoms. The topological polar surface area (TPSA) is 41.6 Å². The van der Waals surface area contributed by atoms with E-state index in [4.69, 9.17) is 4.74 Å². The molecule has 0 aliphatic heterocycles. The molecule has 18 heavy (non-hydrogen) atoms. The van der Waals surface area contributed by atoms with Gasteiger partial charge in [-0.15, -0.1) is 12.4 Å². The van der Waals surface area contributed by atoms with Gasteiger partial charge in [0.1, 0.15) is 5.75 Å². The lowest BCUT2D eigenvalue weighted by Gasteiger charge is -2.18. The first-order valence-electron chi connectivity index (χ1n) is 5.33. The fourth-order valence-electron chi connectivity index (χ4n) is 1.43. The van der Waals surface area contributed by atoms with Crippen LogP contribution in [-0.4, -0.2) is 45.1 Å². The van der Waals surface area contributed by atoms with E-state index in [1.165, 1.54) is 0 Å². The van der Waals surface area contributed by atoms with Crippen LogP contribution in [-0.2, 0) is 0 Å². The average Bonchev–Trinajstić information content (AvgIpc) is 2.34. The number of rotatable bonds is 5. The summed E-state index contributed by atoms with van der Waals surface area (Å²) >= 11 is 3.35. The summed E-state index contributed by atoms with van der Waals surface area (Å²) in [5.74, 6) is 0.547. The first-order valence-corrected chi connectivity index (χ1v) is 6.13. The Morgan fingerprint density at radius 2 is 2.17 bits per heavy atom. The van der Waals surface area contributed by atoms with E-state index in [1.807, 2.05) is 13.1 Å². The molecule has 1 aromatic rings. The lowest BCUT2D eigenvalue weighted by molar-refractivity contribution is 0.0793. The third-order valence-corrected chi connectivity index (χ3v) is 2.93. The highest BCUT2D eigenvalue weighted by Gasteiger charge is 2.16. The summed E-state index contributed by atoms with van der Waals surface area (Å²) in [6, 6.07) is 5.39. The number of carbonyl (C=O) groups excluding carboxylic acids is 1. The SMILES string of the molecule is CNCCN(C)C(=O)c1ccc(Br)cc1OC.Cl. The van der Waals surface area contributed by atoms with Crippen molar-refractivity contribution in [1.82, 2.24) is 10.2 Å². The molecule has 1 amide bonds. The van der Waals surface area contributed by atoms with Crippen LogP contribution in [0.5, 0.6) is 5.75 Å². The Hall–Kier alpha value is -0.780. The van der Waals surface area contributed by atoms with Crippen LogP contribution in [0.25, 0.3) is 0 Å². The van der Waals surface area contributed by atoms with Crippen LogP contribution in [0.3, 0.4) is 0 Å². The first kappa shape index (κ1) is 17.2. The van der Waals surface area contributed by atoms with E-state index in [9.17, 15) is 4.79 Å². The number of benzene rings is 1. The van der Waals surface area contributed by atoms with Crippen molar-refractivity contribution < 1.29 is 9.53 Å². The minimum absolute atomic E-state index is 0. The maximum absolute atomic E-state index is 12.1. The maximum atomic E-state index is 12.1. The van der Waals surface area contributed by atoms with Crippen LogP contribution < -0.4 is 10.1 Å². The van der Waals surface area contributed by atoms with Crippen molar-refractivity contribution in [2.45, 2.75) is 0 Å². The van der Waals surface area contributed by atoms with Gasteiger partial charge in [0.15, 0.2) is 0 Å². The molecule has 0 saturated carbocycles. The Morgan fingerprint density at radius 1 is 1.50 bits per heavy atom. The van der Waals surface area contributed by atoms with Crippen LogP contribution in [0.15, 0.2) is 22.7 Å². The largest absolute Gasteiger partial charge is 0.496 e. The zero-order chi connectivity index (χ0) is 12.8. The zero-order valence-corrected chi connectivity index (χ0v) is 13.1. The highest BCUT2D eigenvalue weighted by atomic mass is 79.9. The third kappa shape index (κ3) is 4.48. The van der Waals surface area contributed by atoms with E-state index in [1.54, 1.807) is 31.2 Å². The van der Waals surface area contributed by atoms with Gasteiger partial charge in [-0.2, -0.15) is 0 Å². The van der Waals surface area contributed by atoms with Gasteiger partial charge in [-0.1, -0.05) is 15.9 Å². The van der Waals surface area contributed by atoms with E-state index in [0.29, 0.717) is 17.9 Å². The summed E-state index contributed by atoms with van der Waals surface area (Å²) < 4.78 is 6.10. The molecular formula is C12H18BrClN2O2. The molecular weight excluding hydrogens is 320 g/mol. The van der Waals surface area contributed by atoms with Crippen molar-refractivity contribution >= 4 is 34.2 Å². The Labute approximate surface area is 122 Å². The standard InChI is InChI=1S/C12H17BrN2O2.ClH/c1-14-6-7-15(2)12(16)10-5-4-9(13)8-11(10)17-3;/h4-5,8,14H,6-7H2,1-3H3;1H. The van der Waals surface area contributed by atoms with Crippen molar-refractivity contribution in [2.75, 3.05) is 34.3 Å². The van der Waals surface area contributed by atoms with Crippen molar-refractivity contribution in [3.8, 4) is 5.75 Å². The van der Waals surface area contributed by atoms with E-state index >= 15 is 0 Å². The van der Waals surface area contributed by atoms with Gasteiger partial charge in [-0.25, -0.2) is 0 Å². The predicted octanol–water partition coefficient (Wildman–Crippen LogP) is 2.17. The van der Waals surface area contributed by atoms with E-state index < -0.39 is 0 Å². The number of hydrogen-bond donors (Lipinski definition) is 1. The van der Waals surface area contributed by atoms with Crippen molar-refractivity contribution in [3.05, 3.63) is 28.2 Å². The minimum Gasteiger partial charge on any atom is -0.496 e. The lowest BCUT2D eigenvalue weighted by Crippen LogP contribution is -2.32. The molecule has 0 unspecified atom stereocenters. The van der Waals surface area contributed by atoms with Gasteiger partial charge in [0.2, 0.25) is 0 Å². The first-order chi connectivity index (χ1) is 8.10. The molecule has 1 rings (SSSR count). The molecule has 0 radical (unpaired) electrons. The molecule has 0 fully saturated rings. The van der Waals surface area contributed by atoms with E-state index in [2.05, 4.69) is 21.2 Å². The summed E-state index contributed by atoms with van der Waals surface area (Å²) in [6.07, 6.45) is 0. The molecule has 1 aromatic carbocycles. The molecule has 0 heterocycles. The van der Waals surface area contributed by atoms with Gasteiger partial charge in [0.25, 0.3) is 5.91 Å². The fraction of sp³-hybridized carbons (Fsp3) is 0.417. The number of carbonyl (C=O) groups is 1. The number of likely N-dealkylation sites (N-methyl/N-ethyl adjacent to an activating group) is 2. The van der Waals surface area contributed by atoms with Crippen molar-refractivity contribution in [3.63, 3.8) is 0 Å². The van der Waals surface area contributed by atoms with Crippen LogP contribution in [0.1, 0.15) is 10.4 Å². The molecule has 0 aromatic heterocycles. The average molecular weight is 338 g/mol. The number of nitrogens with zero attached hydrogens (tertiary/aromatic N) is 1. The highest BCUT2D eigenvalue weighted by molar-refractivity contribution is 9.10. The quantitative estimate of drug-likeness (QED) is 0.895.